The molecule has 0 aromatic rings. The molecule has 0 bridgehead atoms. The molecule has 88 valence electrons. The summed E-state index contributed by atoms with van der Waals surface area (Å²) in [5.41, 5.74) is 0. The first-order chi connectivity index (χ1) is 7.25. The summed E-state index contributed by atoms with van der Waals surface area (Å²) in [5, 5.41) is 3.58. The van der Waals surface area contributed by atoms with Crippen molar-refractivity contribution in [2.24, 2.45) is 11.8 Å². The van der Waals surface area contributed by atoms with E-state index in [1.54, 1.807) is 0 Å². The van der Waals surface area contributed by atoms with Crippen LogP contribution in [0.4, 0.5) is 0 Å². The second kappa shape index (κ2) is 5.31. The summed E-state index contributed by atoms with van der Waals surface area (Å²) < 4.78 is 0. The molecule has 1 heterocycles. The van der Waals surface area contributed by atoms with Crippen molar-refractivity contribution in [3.63, 3.8) is 0 Å². The average molecular weight is 210 g/mol. The zero-order chi connectivity index (χ0) is 10.7. The molecule has 2 nitrogen and oxygen atoms in total. The summed E-state index contributed by atoms with van der Waals surface area (Å²) in [6, 6.07) is 0.802. The summed E-state index contributed by atoms with van der Waals surface area (Å²) >= 11 is 0. The topological polar surface area (TPSA) is 15.3 Å². The Morgan fingerprint density at radius 2 is 2.00 bits per heavy atom. The highest BCUT2D eigenvalue weighted by molar-refractivity contribution is 4.78. The largest absolute Gasteiger partial charge is 0.315 e. The van der Waals surface area contributed by atoms with Gasteiger partial charge in [0.05, 0.1) is 0 Å². The molecule has 1 saturated heterocycles. The number of piperidine rings is 1. The van der Waals surface area contributed by atoms with Crippen LogP contribution in [-0.4, -0.2) is 37.1 Å². The maximum absolute atomic E-state index is 3.58. The highest BCUT2D eigenvalue weighted by atomic mass is 15.2. The van der Waals surface area contributed by atoms with Gasteiger partial charge in [-0.3, -0.25) is 4.90 Å². The van der Waals surface area contributed by atoms with Gasteiger partial charge in [0, 0.05) is 19.1 Å². The van der Waals surface area contributed by atoms with E-state index in [1.165, 1.54) is 51.9 Å². The van der Waals surface area contributed by atoms with Crippen LogP contribution in [0.15, 0.2) is 0 Å². The lowest BCUT2D eigenvalue weighted by Gasteiger charge is -2.36. The van der Waals surface area contributed by atoms with Gasteiger partial charge in [-0.1, -0.05) is 6.92 Å². The van der Waals surface area contributed by atoms with Crippen molar-refractivity contribution in [2.75, 3.05) is 26.2 Å². The molecule has 0 amide bonds. The van der Waals surface area contributed by atoms with E-state index in [0.29, 0.717) is 0 Å². The van der Waals surface area contributed by atoms with Crippen molar-refractivity contribution in [1.82, 2.24) is 10.2 Å². The van der Waals surface area contributed by atoms with Gasteiger partial charge in [0.15, 0.2) is 0 Å². The molecule has 2 rings (SSSR count). The van der Waals surface area contributed by atoms with Gasteiger partial charge in [-0.2, -0.15) is 0 Å². The highest BCUT2D eigenvalue weighted by Crippen LogP contribution is 2.27. The number of hydrogen-bond acceptors (Lipinski definition) is 2. The molecule has 0 spiro atoms. The first kappa shape index (κ1) is 11.4. The predicted molar refractivity (Wildman–Crippen MR) is 65.0 cm³/mol. The molecule has 2 heteroatoms. The molecule has 1 aliphatic heterocycles. The second-order valence-corrected chi connectivity index (χ2v) is 5.66. The van der Waals surface area contributed by atoms with Crippen LogP contribution >= 0.6 is 0 Å². The van der Waals surface area contributed by atoms with E-state index in [9.17, 15) is 0 Å². The van der Waals surface area contributed by atoms with E-state index >= 15 is 0 Å². The van der Waals surface area contributed by atoms with Crippen LogP contribution in [0, 0.1) is 11.8 Å². The SMILES string of the molecule is CC1CCN(CCNCC2CC2)C(C)C1. The van der Waals surface area contributed by atoms with E-state index < -0.39 is 0 Å². The molecule has 15 heavy (non-hydrogen) atoms. The number of likely N-dealkylation sites (tertiary alicyclic amines) is 1. The molecule has 2 fully saturated rings. The monoisotopic (exact) mass is 210 g/mol. The molecule has 0 aromatic heterocycles. The standard InChI is InChI=1S/C13H26N2/c1-11-5-7-15(12(2)9-11)8-6-14-10-13-3-4-13/h11-14H,3-10H2,1-2H3. The van der Waals surface area contributed by atoms with Crippen LogP contribution in [-0.2, 0) is 0 Å². The third-order valence-corrected chi connectivity index (χ3v) is 3.98. The van der Waals surface area contributed by atoms with Gasteiger partial charge in [0.25, 0.3) is 0 Å². The summed E-state index contributed by atoms with van der Waals surface area (Å²) in [4.78, 5) is 2.65. The summed E-state index contributed by atoms with van der Waals surface area (Å²) in [5.74, 6) is 1.96. The smallest absolute Gasteiger partial charge is 0.0110 e. The minimum absolute atomic E-state index is 0.802. The van der Waals surface area contributed by atoms with Gasteiger partial charge in [-0.25, -0.2) is 0 Å². The van der Waals surface area contributed by atoms with Gasteiger partial charge >= 0.3 is 0 Å². The van der Waals surface area contributed by atoms with Crippen molar-refractivity contribution < 1.29 is 0 Å². The Bertz CT molecular complexity index is 189. The van der Waals surface area contributed by atoms with E-state index in [0.717, 1.165) is 17.9 Å². The van der Waals surface area contributed by atoms with Crippen LogP contribution in [0.5, 0.6) is 0 Å². The Morgan fingerprint density at radius 1 is 1.20 bits per heavy atom. The highest BCUT2D eigenvalue weighted by Gasteiger charge is 2.23. The van der Waals surface area contributed by atoms with Gasteiger partial charge in [-0.15, -0.1) is 0 Å². The average Bonchev–Trinajstić information content (AvgIpc) is 2.99. The fraction of sp³-hybridized carbons (Fsp3) is 1.00. The minimum Gasteiger partial charge on any atom is -0.315 e. The zero-order valence-electron chi connectivity index (χ0n) is 10.3. The molecule has 0 radical (unpaired) electrons. The minimum atomic E-state index is 0.802. The van der Waals surface area contributed by atoms with Crippen LogP contribution in [0.3, 0.4) is 0 Å². The van der Waals surface area contributed by atoms with Crippen LogP contribution < -0.4 is 5.32 Å². The second-order valence-electron chi connectivity index (χ2n) is 5.66. The maximum atomic E-state index is 3.58. The number of hydrogen-bond donors (Lipinski definition) is 1. The number of nitrogens with one attached hydrogen (secondary N) is 1. The quantitative estimate of drug-likeness (QED) is 0.699. The Labute approximate surface area is 94.4 Å². The molecule has 0 aromatic carbocycles. The van der Waals surface area contributed by atoms with Crippen molar-refractivity contribution in [3.8, 4) is 0 Å². The molecule has 2 unspecified atom stereocenters. The Balaban J connectivity index is 1.56. The Hall–Kier alpha value is -0.0800. The van der Waals surface area contributed by atoms with E-state index in [1.807, 2.05) is 0 Å². The third kappa shape index (κ3) is 3.76. The Morgan fingerprint density at radius 3 is 2.67 bits per heavy atom. The van der Waals surface area contributed by atoms with E-state index in [-0.39, 0.29) is 0 Å². The normalized spacial score (nSPS) is 33.2. The lowest BCUT2D eigenvalue weighted by Crippen LogP contribution is -2.43. The summed E-state index contributed by atoms with van der Waals surface area (Å²) in [6.07, 6.45) is 5.71. The van der Waals surface area contributed by atoms with Gasteiger partial charge in [-0.05, 0) is 57.5 Å². The van der Waals surface area contributed by atoms with Gasteiger partial charge < -0.3 is 5.32 Å². The maximum Gasteiger partial charge on any atom is 0.0110 e. The number of nitrogens with zero attached hydrogens (tertiary/aromatic N) is 1. The van der Waals surface area contributed by atoms with E-state index in [2.05, 4.69) is 24.1 Å². The first-order valence-electron chi connectivity index (χ1n) is 6.70. The molecule has 1 N–H and O–H groups in total. The van der Waals surface area contributed by atoms with Crippen LogP contribution in [0.2, 0.25) is 0 Å². The molecule has 2 atom stereocenters. The Kier molecular flexibility index (Phi) is 4.04. The third-order valence-electron chi connectivity index (χ3n) is 3.98. The van der Waals surface area contributed by atoms with Crippen LogP contribution in [0.25, 0.3) is 0 Å². The molecule has 1 aliphatic carbocycles. The molecular weight excluding hydrogens is 184 g/mol. The van der Waals surface area contributed by atoms with Crippen molar-refractivity contribution in [2.45, 2.75) is 45.6 Å². The van der Waals surface area contributed by atoms with Crippen LogP contribution in [0.1, 0.15) is 39.5 Å². The summed E-state index contributed by atoms with van der Waals surface area (Å²) in [6.45, 7) is 9.79. The van der Waals surface area contributed by atoms with Gasteiger partial charge in [0.2, 0.25) is 0 Å². The van der Waals surface area contributed by atoms with Gasteiger partial charge in [0.1, 0.15) is 0 Å². The molecule has 2 aliphatic rings. The molecule has 1 saturated carbocycles. The lowest BCUT2D eigenvalue weighted by molar-refractivity contribution is 0.130. The number of rotatable bonds is 5. The van der Waals surface area contributed by atoms with Crippen molar-refractivity contribution >= 4 is 0 Å². The predicted octanol–water partition coefficient (Wildman–Crippen LogP) is 2.11. The lowest BCUT2D eigenvalue weighted by atomic mass is 9.93. The fourth-order valence-corrected chi connectivity index (χ4v) is 2.64. The molecular formula is C13H26N2. The van der Waals surface area contributed by atoms with E-state index in [4.69, 9.17) is 0 Å². The van der Waals surface area contributed by atoms with Crippen molar-refractivity contribution in [1.29, 1.82) is 0 Å². The summed E-state index contributed by atoms with van der Waals surface area (Å²) in [7, 11) is 0. The zero-order valence-corrected chi connectivity index (χ0v) is 10.3. The fourth-order valence-electron chi connectivity index (χ4n) is 2.64. The van der Waals surface area contributed by atoms with Crippen molar-refractivity contribution in [3.05, 3.63) is 0 Å². The first-order valence-corrected chi connectivity index (χ1v) is 6.70.